The average molecular weight is 366 g/mol. The van der Waals surface area contributed by atoms with E-state index in [1.54, 1.807) is 32.1 Å². The van der Waals surface area contributed by atoms with Gasteiger partial charge in [-0.15, -0.1) is 0 Å². The van der Waals surface area contributed by atoms with Crippen LogP contribution in [0.1, 0.15) is 45.6 Å². The number of hydrogen-bond donors (Lipinski definition) is 1. The van der Waals surface area contributed by atoms with Crippen molar-refractivity contribution in [3.8, 4) is 11.5 Å². The number of methoxy groups -OCH3 is 1. The van der Waals surface area contributed by atoms with Gasteiger partial charge in [-0.3, -0.25) is 9.59 Å². The van der Waals surface area contributed by atoms with E-state index in [4.69, 9.17) is 4.74 Å². The van der Waals surface area contributed by atoms with E-state index in [0.29, 0.717) is 23.3 Å². The Morgan fingerprint density at radius 3 is 2.41 bits per heavy atom. The van der Waals surface area contributed by atoms with Gasteiger partial charge in [0.2, 0.25) is 0 Å². The molecule has 0 fully saturated rings. The van der Waals surface area contributed by atoms with E-state index in [9.17, 15) is 14.7 Å². The lowest BCUT2D eigenvalue weighted by molar-refractivity contribution is -0.147. The Kier molecular flexibility index (Phi) is 4.41. The number of benzene rings is 1. The molecule has 0 aromatic heterocycles. The summed E-state index contributed by atoms with van der Waals surface area (Å²) in [6.07, 6.45) is 4.24. The summed E-state index contributed by atoms with van der Waals surface area (Å²) in [7, 11) is 1.53. The molecule has 1 N–H and O–H groups in total. The van der Waals surface area contributed by atoms with Crippen molar-refractivity contribution in [2.75, 3.05) is 7.11 Å². The molecule has 3 atom stereocenters. The highest BCUT2D eigenvalue weighted by molar-refractivity contribution is 6.17. The number of allylic oxidation sites excluding steroid dienone is 5. The first kappa shape index (κ1) is 19.2. The Morgan fingerprint density at radius 1 is 1.19 bits per heavy atom. The van der Waals surface area contributed by atoms with Gasteiger partial charge in [0, 0.05) is 23.0 Å². The van der Waals surface area contributed by atoms with Gasteiger partial charge in [-0.25, -0.2) is 0 Å². The van der Waals surface area contributed by atoms with Gasteiger partial charge in [0.25, 0.3) is 0 Å². The SMILES string of the molecule is C=CC1=CC[C@@]2(C)C(=O)C(C)=C(C)C(=O)[C@@]2(C)[C@H]1c1ccc(O)cc1OC. The van der Waals surface area contributed by atoms with E-state index in [0.717, 1.165) is 11.1 Å². The summed E-state index contributed by atoms with van der Waals surface area (Å²) in [6.45, 7) is 11.2. The van der Waals surface area contributed by atoms with Gasteiger partial charge in [0.05, 0.1) is 12.5 Å². The molecule has 4 nitrogen and oxygen atoms in total. The van der Waals surface area contributed by atoms with Crippen LogP contribution in [-0.2, 0) is 9.59 Å². The lowest BCUT2D eigenvalue weighted by atomic mass is 9.45. The molecule has 0 unspecified atom stereocenters. The van der Waals surface area contributed by atoms with Crippen LogP contribution in [0.15, 0.2) is 53.6 Å². The van der Waals surface area contributed by atoms with E-state index in [1.165, 1.54) is 13.2 Å². The largest absolute Gasteiger partial charge is 0.508 e. The molecule has 0 radical (unpaired) electrons. The number of carbonyl (C=O) groups is 2. The number of rotatable bonds is 3. The minimum atomic E-state index is -0.976. The van der Waals surface area contributed by atoms with Crippen molar-refractivity contribution >= 4 is 11.6 Å². The number of fused-ring (bicyclic) bond motifs is 1. The Hall–Kier alpha value is -2.62. The van der Waals surface area contributed by atoms with Gasteiger partial charge in [0.1, 0.15) is 11.5 Å². The Bertz CT molecular complexity index is 920. The minimum absolute atomic E-state index is 0.0178. The van der Waals surface area contributed by atoms with Gasteiger partial charge in [0.15, 0.2) is 11.6 Å². The first-order valence-corrected chi connectivity index (χ1v) is 9.10. The monoisotopic (exact) mass is 366 g/mol. The van der Waals surface area contributed by atoms with Crippen molar-refractivity contribution in [2.45, 2.75) is 40.0 Å². The zero-order chi connectivity index (χ0) is 20.1. The molecule has 2 aliphatic carbocycles. The van der Waals surface area contributed by atoms with Crippen LogP contribution < -0.4 is 4.74 Å². The van der Waals surface area contributed by atoms with E-state index in [1.807, 2.05) is 19.9 Å². The van der Waals surface area contributed by atoms with Crippen molar-refractivity contribution in [2.24, 2.45) is 10.8 Å². The number of phenolic OH excluding ortho intramolecular Hbond substituents is 1. The Balaban J connectivity index is 2.37. The van der Waals surface area contributed by atoms with Crippen molar-refractivity contribution in [3.05, 3.63) is 59.2 Å². The lowest BCUT2D eigenvalue weighted by Crippen LogP contribution is -2.57. The van der Waals surface area contributed by atoms with Crippen LogP contribution in [0.5, 0.6) is 11.5 Å². The van der Waals surface area contributed by atoms with Crippen LogP contribution in [0.3, 0.4) is 0 Å². The van der Waals surface area contributed by atoms with Crippen LogP contribution in [0, 0.1) is 10.8 Å². The van der Waals surface area contributed by atoms with Crippen molar-refractivity contribution in [3.63, 3.8) is 0 Å². The predicted octanol–water partition coefficient (Wildman–Crippen LogP) is 4.50. The quantitative estimate of drug-likeness (QED) is 0.855. The maximum atomic E-state index is 13.6. The third-order valence-electron chi connectivity index (χ3n) is 6.78. The summed E-state index contributed by atoms with van der Waals surface area (Å²) in [5, 5.41) is 9.86. The normalized spacial score (nSPS) is 30.7. The fourth-order valence-electron chi connectivity index (χ4n) is 4.79. The number of ketones is 2. The molecule has 0 heterocycles. The number of carbonyl (C=O) groups excluding carboxylic acids is 2. The minimum Gasteiger partial charge on any atom is -0.508 e. The molecule has 0 aliphatic heterocycles. The molecule has 0 saturated carbocycles. The molecule has 1 aromatic rings. The Morgan fingerprint density at radius 2 is 1.81 bits per heavy atom. The average Bonchev–Trinajstić information content (AvgIpc) is 2.66. The van der Waals surface area contributed by atoms with Crippen LogP contribution in [0.2, 0.25) is 0 Å². The van der Waals surface area contributed by atoms with Crippen molar-refractivity contribution in [1.82, 2.24) is 0 Å². The smallest absolute Gasteiger partial charge is 0.166 e. The standard InChI is InChI=1S/C23H26O4/c1-7-15-10-11-22(4)20(25)13(2)14(3)21(26)23(22,5)19(15)17-9-8-16(24)12-18(17)27-6/h7-10,12,19,24H,1,11H2,2-6H3/t19-,22+,23-/m1/s1. The van der Waals surface area contributed by atoms with Crippen LogP contribution in [0.4, 0.5) is 0 Å². The number of hydrogen-bond acceptors (Lipinski definition) is 4. The van der Waals surface area contributed by atoms with Gasteiger partial charge >= 0.3 is 0 Å². The summed E-state index contributed by atoms with van der Waals surface area (Å²) < 4.78 is 5.51. The molecule has 142 valence electrons. The van der Waals surface area contributed by atoms with E-state index in [-0.39, 0.29) is 17.3 Å². The molecule has 1 aromatic carbocycles. The second kappa shape index (κ2) is 6.22. The number of Topliss-reactive ketones (excluding diaryl/α,β-unsaturated/α-hetero) is 2. The van der Waals surface area contributed by atoms with Crippen LogP contribution in [0.25, 0.3) is 0 Å². The second-order valence-electron chi connectivity index (χ2n) is 7.91. The zero-order valence-corrected chi connectivity index (χ0v) is 16.6. The summed E-state index contributed by atoms with van der Waals surface area (Å²) >= 11 is 0. The first-order chi connectivity index (χ1) is 12.6. The molecule has 3 rings (SSSR count). The second-order valence-corrected chi connectivity index (χ2v) is 7.91. The first-order valence-electron chi connectivity index (χ1n) is 9.10. The van der Waals surface area contributed by atoms with Gasteiger partial charge in [-0.05, 0) is 43.1 Å². The maximum absolute atomic E-state index is 13.6. The summed E-state index contributed by atoms with van der Waals surface area (Å²) in [4.78, 5) is 26.9. The van der Waals surface area contributed by atoms with Crippen LogP contribution >= 0.6 is 0 Å². The summed E-state index contributed by atoms with van der Waals surface area (Å²) in [5.74, 6) is 0.173. The molecule has 27 heavy (non-hydrogen) atoms. The van der Waals surface area contributed by atoms with E-state index in [2.05, 4.69) is 6.58 Å². The van der Waals surface area contributed by atoms with Gasteiger partial charge in [-0.2, -0.15) is 0 Å². The van der Waals surface area contributed by atoms with Crippen molar-refractivity contribution in [1.29, 1.82) is 0 Å². The number of aromatic hydroxyl groups is 1. The fraction of sp³-hybridized carbons (Fsp3) is 0.391. The molecule has 0 saturated heterocycles. The molecule has 0 bridgehead atoms. The third kappa shape index (κ3) is 2.35. The predicted molar refractivity (Wildman–Crippen MR) is 105 cm³/mol. The maximum Gasteiger partial charge on any atom is 0.166 e. The zero-order valence-electron chi connectivity index (χ0n) is 16.6. The Labute approximate surface area is 160 Å². The summed E-state index contributed by atoms with van der Waals surface area (Å²) in [6, 6.07) is 4.89. The van der Waals surface area contributed by atoms with Crippen LogP contribution in [-0.4, -0.2) is 23.8 Å². The molecular weight excluding hydrogens is 340 g/mol. The highest BCUT2D eigenvalue weighted by Gasteiger charge is 2.63. The molecule has 0 spiro atoms. The molecule has 2 aliphatic rings. The van der Waals surface area contributed by atoms with Gasteiger partial charge < -0.3 is 9.84 Å². The fourth-order valence-corrected chi connectivity index (χ4v) is 4.79. The van der Waals surface area contributed by atoms with E-state index < -0.39 is 16.7 Å². The lowest BCUT2D eigenvalue weighted by Gasteiger charge is -2.54. The number of phenols is 1. The van der Waals surface area contributed by atoms with E-state index >= 15 is 0 Å². The highest BCUT2D eigenvalue weighted by atomic mass is 16.5. The molecule has 0 amide bonds. The number of ether oxygens (including phenoxy) is 1. The molecular formula is C23H26O4. The molecule has 4 heteroatoms. The topological polar surface area (TPSA) is 63.6 Å². The highest BCUT2D eigenvalue weighted by Crippen LogP contribution is 2.63. The third-order valence-corrected chi connectivity index (χ3v) is 6.78. The summed E-state index contributed by atoms with van der Waals surface area (Å²) in [5.41, 5.74) is 0.903. The van der Waals surface area contributed by atoms with Gasteiger partial charge in [-0.1, -0.05) is 38.6 Å². The van der Waals surface area contributed by atoms with Crippen molar-refractivity contribution < 1.29 is 19.4 Å².